The summed E-state index contributed by atoms with van der Waals surface area (Å²) in [6.45, 7) is 0.585. The predicted molar refractivity (Wildman–Crippen MR) is 98.3 cm³/mol. The number of hydrogen-bond donors (Lipinski definition) is 2. The molecule has 24 heavy (non-hydrogen) atoms. The first-order valence-electron chi connectivity index (χ1n) is 7.49. The molecular formula is C18H23ClN2O3. The van der Waals surface area contributed by atoms with Crippen molar-refractivity contribution in [3.05, 3.63) is 53.6 Å². The molecule has 6 heteroatoms. The highest BCUT2D eigenvalue weighted by Crippen LogP contribution is 2.27. The summed E-state index contributed by atoms with van der Waals surface area (Å²) in [4.78, 5) is 12.0. The predicted octanol–water partition coefficient (Wildman–Crippen LogP) is 3.07. The number of amides is 1. The van der Waals surface area contributed by atoms with Crippen molar-refractivity contribution in [3.8, 4) is 11.5 Å². The number of hydrogen-bond acceptors (Lipinski definition) is 4. The maximum Gasteiger partial charge on any atom is 0.253 e. The topological polar surface area (TPSA) is 73.6 Å². The number of ether oxygens (including phenoxy) is 2. The number of rotatable bonds is 7. The normalized spacial score (nSPS) is 9.75. The van der Waals surface area contributed by atoms with E-state index in [1.807, 2.05) is 24.3 Å². The third kappa shape index (κ3) is 5.06. The molecule has 0 aliphatic rings. The molecule has 0 unspecified atom stereocenters. The van der Waals surface area contributed by atoms with Crippen LogP contribution in [0, 0.1) is 0 Å². The minimum absolute atomic E-state index is 0. The second-order valence-electron chi connectivity index (χ2n) is 5.14. The fraction of sp³-hybridized carbons (Fsp3) is 0.278. The largest absolute Gasteiger partial charge is 0.493 e. The number of para-hydroxylation sites is 1. The molecule has 0 bridgehead atoms. The molecule has 0 radical (unpaired) electrons. The van der Waals surface area contributed by atoms with Gasteiger partial charge in [0.1, 0.15) is 0 Å². The lowest BCUT2D eigenvalue weighted by molar-refractivity contribution is 0.0954. The van der Waals surface area contributed by atoms with Gasteiger partial charge in [0.25, 0.3) is 5.91 Å². The first-order chi connectivity index (χ1) is 11.2. The van der Waals surface area contributed by atoms with Crippen LogP contribution in [0.25, 0.3) is 0 Å². The summed E-state index contributed by atoms with van der Waals surface area (Å²) in [6.07, 6.45) is 1.67. The van der Waals surface area contributed by atoms with E-state index in [0.717, 1.165) is 18.4 Å². The van der Waals surface area contributed by atoms with Gasteiger partial charge in [-0.1, -0.05) is 18.2 Å². The van der Waals surface area contributed by atoms with Crippen LogP contribution in [0.1, 0.15) is 22.3 Å². The summed E-state index contributed by atoms with van der Waals surface area (Å²) in [5.41, 5.74) is 7.93. The zero-order valence-corrected chi connectivity index (χ0v) is 14.7. The molecule has 0 atom stereocenters. The third-order valence-corrected chi connectivity index (χ3v) is 3.58. The molecule has 0 saturated carbocycles. The highest BCUT2D eigenvalue weighted by atomic mass is 35.5. The highest BCUT2D eigenvalue weighted by Gasteiger charge is 2.08. The van der Waals surface area contributed by atoms with Crippen LogP contribution in [0.3, 0.4) is 0 Å². The van der Waals surface area contributed by atoms with Crippen LogP contribution in [0.5, 0.6) is 11.5 Å². The summed E-state index contributed by atoms with van der Waals surface area (Å²) in [5, 5.41) is 2.89. The number of nitrogens with two attached hydrogens (primary N) is 1. The smallest absolute Gasteiger partial charge is 0.253 e. The van der Waals surface area contributed by atoms with Gasteiger partial charge in [-0.2, -0.15) is 0 Å². The molecule has 0 aromatic heterocycles. The quantitative estimate of drug-likeness (QED) is 0.594. The molecule has 2 aromatic rings. The van der Waals surface area contributed by atoms with E-state index < -0.39 is 0 Å². The number of carbonyl (C=O) groups excluding carboxylic acids is 1. The Hall–Kier alpha value is -2.40. The Morgan fingerprint density at radius 1 is 1.08 bits per heavy atom. The summed E-state index contributed by atoms with van der Waals surface area (Å²) in [5.74, 6) is 1.28. The van der Waals surface area contributed by atoms with Gasteiger partial charge in [0.05, 0.1) is 19.8 Å². The first kappa shape index (κ1) is 19.6. The number of nitrogen functional groups attached to an aromatic ring is 1. The molecule has 0 fully saturated rings. The minimum atomic E-state index is -0.143. The van der Waals surface area contributed by atoms with Gasteiger partial charge in [-0.05, 0) is 42.7 Å². The summed E-state index contributed by atoms with van der Waals surface area (Å²) < 4.78 is 10.5. The second kappa shape index (κ2) is 9.67. The minimum Gasteiger partial charge on any atom is -0.493 e. The van der Waals surface area contributed by atoms with Crippen molar-refractivity contribution in [1.82, 2.24) is 5.32 Å². The molecule has 130 valence electrons. The molecule has 3 N–H and O–H groups in total. The zero-order chi connectivity index (χ0) is 16.7. The fourth-order valence-corrected chi connectivity index (χ4v) is 2.33. The highest BCUT2D eigenvalue weighted by molar-refractivity contribution is 5.99. The van der Waals surface area contributed by atoms with Crippen molar-refractivity contribution < 1.29 is 14.3 Å². The lowest BCUT2D eigenvalue weighted by Crippen LogP contribution is -2.25. The molecule has 0 heterocycles. The number of carbonyl (C=O) groups is 1. The van der Waals surface area contributed by atoms with Crippen LogP contribution in [-0.2, 0) is 6.42 Å². The fourth-order valence-electron chi connectivity index (χ4n) is 2.33. The van der Waals surface area contributed by atoms with Gasteiger partial charge in [-0.15, -0.1) is 12.4 Å². The van der Waals surface area contributed by atoms with E-state index in [0.29, 0.717) is 29.3 Å². The molecule has 0 aliphatic carbocycles. The van der Waals surface area contributed by atoms with Gasteiger partial charge >= 0.3 is 0 Å². The van der Waals surface area contributed by atoms with E-state index in [9.17, 15) is 4.79 Å². The zero-order valence-electron chi connectivity index (χ0n) is 13.9. The second-order valence-corrected chi connectivity index (χ2v) is 5.14. The van der Waals surface area contributed by atoms with Crippen molar-refractivity contribution >= 4 is 24.0 Å². The molecule has 2 rings (SSSR count). The van der Waals surface area contributed by atoms with E-state index in [2.05, 4.69) is 5.32 Å². The van der Waals surface area contributed by atoms with Crippen molar-refractivity contribution in [1.29, 1.82) is 0 Å². The van der Waals surface area contributed by atoms with Crippen LogP contribution in [0.2, 0.25) is 0 Å². The van der Waals surface area contributed by atoms with Gasteiger partial charge in [0, 0.05) is 12.2 Å². The van der Waals surface area contributed by atoms with Crippen LogP contribution in [0.15, 0.2) is 42.5 Å². The Kier molecular flexibility index (Phi) is 7.92. The van der Waals surface area contributed by atoms with Crippen LogP contribution in [0.4, 0.5) is 5.69 Å². The van der Waals surface area contributed by atoms with Gasteiger partial charge in [0.2, 0.25) is 0 Å². The summed E-state index contributed by atoms with van der Waals surface area (Å²) in [6, 6.07) is 12.9. The average molecular weight is 351 g/mol. The maximum absolute atomic E-state index is 12.0. The monoisotopic (exact) mass is 350 g/mol. The van der Waals surface area contributed by atoms with E-state index >= 15 is 0 Å². The maximum atomic E-state index is 12.0. The van der Waals surface area contributed by atoms with Crippen molar-refractivity contribution in [2.75, 3.05) is 26.5 Å². The molecule has 0 saturated heterocycles. The number of aryl methyl sites for hydroxylation is 1. The van der Waals surface area contributed by atoms with E-state index in [-0.39, 0.29) is 18.3 Å². The first-order valence-corrected chi connectivity index (χ1v) is 7.49. The molecule has 5 nitrogen and oxygen atoms in total. The molecule has 2 aromatic carbocycles. The summed E-state index contributed by atoms with van der Waals surface area (Å²) in [7, 11) is 3.23. The van der Waals surface area contributed by atoms with Crippen molar-refractivity contribution in [2.45, 2.75) is 12.8 Å². The van der Waals surface area contributed by atoms with Gasteiger partial charge in [0.15, 0.2) is 11.5 Å². The molecule has 0 aliphatic heterocycles. The van der Waals surface area contributed by atoms with Crippen molar-refractivity contribution in [3.63, 3.8) is 0 Å². The van der Waals surface area contributed by atoms with Gasteiger partial charge in [-0.3, -0.25) is 4.79 Å². The van der Waals surface area contributed by atoms with Crippen LogP contribution >= 0.6 is 12.4 Å². The third-order valence-electron chi connectivity index (χ3n) is 3.58. The Labute approximate surface area is 148 Å². The lowest BCUT2D eigenvalue weighted by Gasteiger charge is -2.10. The number of methoxy groups -OCH3 is 2. The molecule has 1 amide bonds. The Morgan fingerprint density at radius 2 is 1.79 bits per heavy atom. The Balaban J connectivity index is 0.00000288. The summed E-state index contributed by atoms with van der Waals surface area (Å²) >= 11 is 0. The number of halogens is 1. The lowest BCUT2D eigenvalue weighted by atomic mass is 10.1. The Bertz CT molecular complexity index is 677. The molecule has 0 spiro atoms. The Morgan fingerprint density at radius 3 is 2.46 bits per heavy atom. The van der Waals surface area contributed by atoms with E-state index in [1.54, 1.807) is 32.4 Å². The van der Waals surface area contributed by atoms with Crippen LogP contribution < -0.4 is 20.5 Å². The van der Waals surface area contributed by atoms with Gasteiger partial charge in [-0.25, -0.2) is 0 Å². The number of benzene rings is 2. The van der Waals surface area contributed by atoms with E-state index in [1.165, 1.54) is 0 Å². The van der Waals surface area contributed by atoms with E-state index in [4.69, 9.17) is 15.2 Å². The van der Waals surface area contributed by atoms with Gasteiger partial charge < -0.3 is 20.5 Å². The van der Waals surface area contributed by atoms with Crippen LogP contribution in [-0.4, -0.2) is 26.7 Å². The SMILES string of the molecule is COc1ccc(CCCNC(=O)c2ccccc2N)cc1OC.Cl. The molecular weight excluding hydrogens is 328 g/mol. The standard InChI is InChI=1S/C18H22N2O3.ClH/c1-22-16-10-9-13(12-17(16)23-2)6-5-11-20-18(21)14-7-3-4-8-15(14)19;/h3-4,7-10,12H,5-6,11,19H2,1-2H3,(H,20,21);1H. The van der Waals surface area contributed by atoms with Crippen molar-refractivity contribution in [2.24, 2.45) is 0 Å². The average Bonchev–Trinajstić information content (AvgIpc) is 2.58. The number of nitrogens with one attached hydrogen (secondary N) is 1. The number of anilines is 1.